The Hall–Kier alpha value is -1.26. The van der Waals surface area contributed by atoms with Gasteiger partial charge in [-0.05, 0) is 43.9 Å². The van der Waals surface area contributed by atoms with Crippen molar-refractivity contribution in [2.24, 2.45) is 17.8 Å². The molecule has 1 heterocycles. The number of rotatable bonds is 2. The molecule has 5 heteroatoms. The summed E-state index contributed by atoms with van der Waals surface area (Å²) in [5.74, 6) is 0.415. The fraction of sp³-hybridized carbons (Fsp3) is 0.857. The van der Waals surface area contributed by atoms with Crippen LogP contribution in [0.3, 0.4) is 0 Å². The minimum atomic E-state index is -0.729. The van der Waals surface area contributed by atoms with Gasteiger partial charge in [0.1, 0.15) is 0 Å². The molecule has 0 bridgehead atoms. The summed E-state index contributed by atoms with van der Waals surface area (Å²) in [4.78, 5) is 25.0. The summed E-state index contributed by atoms with van der Waals surface area (Å²) in [5.41, 5.74) is 0. The van der Waals surface area contributed by atoms with Gasteiger partial charge in [-0.25, -0.2) is 4.79 Å². The first kappa shape index (κ1) is 12.8. The van der Waals surface area contributed by atoms with Crippen molar-refractivity contribution in [3.8, 4) is 0 Å². The van der Waals surface area contributed by atoms with Crippen molar-refractivity contribution in [3.63, 3.8) is 0 Å². The van der Waals surface area contributed by atoms with E-state index in [2.05, 4.69) is 5.32 Å². The predicted molar refractivity (Wildman–Crippen MR) is 69.7 cm³/mol. The predicted octanol–water partition coefficient (Wildman–Crippen LogP) is 1.68. The third kappa shape index (κ3) is 2.55. The number of carboxylic acid groups (broad SMARTS) is 1. The summed E-state index contributed by atoms with van der Waals surface area (Å²) in [5, 5.41) is 12.0. The molecule has 2 amide bonds. The standard InChI is InChI=1S/C14H22N2O3/c17-13(18)9-4-5-12(6-9)15-14(19)16-7-10-2-1-3-11(10)8-16/h9-12H,1-8H2,(H,15,19)(H,17,18). The zero-order valence-corrected chi connectivity index (χ0v) is 11.2. The van der Waals surface area contributed by atoms with Gasteiger partial charge in [0.15, 0.2) is 0 Å². The van der Waals surface area contributed by atoms with E-state index in [0.29, 0.717) is 24.7 Å². The first-order valence-corrected chi connectivity index (χ1v) is 7.41. The minimum absolute atomic E-state index is 0.0189. The number of fused-ring (bicyclic) bond motifs is 1. The van der Waals surface area contributed by atoms with E-state index in [4.69, 9.17) is 5.11 Å². The van der Waals surface area contributed by atoms with E-state index < -0.39 is 5.97 Å². The van der Waals surface area contributed by atoms with E-state index in [1.807, 2.05) is 4.90 Å². The maximum absolute atomic E-state index is 12.2. The van der Waals surface area contributed by atoms with Crippen LogP contribution in [0.1, 0.15) is 38.5 Å². The lowest BCUT2D eigenvalue weighted by atomic mass is 10.0. The van der Waals surface area contributed by atoms with Crippen molar-refractivity contribution in [1.29, 1.82) is 0 Å². The Balaban J connectivity index is 1.48. The van der Waals surface area contributed by atoms with Gasteiger partial charge in [0.05, 0.1) is 5.92 Å². The van der Waals surface area contributed by atoms with Crippen LogP contribution in [0.4, 0.5) is 4.79 Å². The van der Waals surface area contributed by atoms with Crippen molar-refractivity contribution in [2.45, 2.75) is 44.6 Å². The molecule has 3 fully saturated rings. The first-order valence-electron chi connectivity index (χ1n) is 7.41. The number of aliphatic carboxylic acids is 1. The second-order valence-corrected chi connectivity index (χ2v) is 6.35. The number of nitrogens with zero attached hydrogens (tertiary/aromatic N) is 1. The molecule has 3 rings (SSSR count). The van der Waals surface area contributed by atoms with Crippen LogP contribution in [0.25, 0.3) is 0 Å². The second-order valence-electron chi connectivity index (χ2n) is 6.35. The molecule has 5 nitrogen and oxygen atoms in total. The summed E-state index contributed by atoms with van der Waals surface area (Å²) < 4.78 is 0. The summed E-state index contributed by atoms with van der Waals surface area (Å²) in [6.45, 7) is 1.79. The van der Waals surface area contributed by atoms with E-state index in [9.17, 15) is 9.59 Å². The van der Waals surface area contributed by atoms with Crippen LogP contribution in [-0.2, 0) is 4.79 Å². The molecule has 19 heavy (non-hydrogen) atoms. The fourth-order valence-electron chi connectivity index (χ4n) is 4.00. The molecule has 4 unspecified atom stereocenters. The normalized spacial score (nSPS) is 37.4. The van der Waals surface area contributed by atoms with Crippen LogP contribution in [0.15, 0.2) is 0 Å². The van der Waals surface area contributed by atoms with Gasteiger partial charge < -0.3 is 15.3 Å². The monoisotopic (exact) mass is 266 g/mol. The zero-order valence-electron chi connectivity index (χ0n) is 11.2. The topological polar surface area (TPSA) is 69.6 Å². The van der Waals surface area contributed by atoms with E-state index in [1.165, 1.54) is 19.3 Å². The molecular weight excluding hydrogens is 244 g/mol. The van der Waals surface area contributed by atoms with Gasteiger partial charge >= 0.3 is 12.0 Å². The van der Waals surface area contributed by atoms with Gasteiger partial charge in [-0.15, -0.1) is 0 Å². The van der Waals surface area contributed by atoms with E-state index >= 15 is 0 Å². The number of nitrogens with one attached hydrogen (secondary N) is 1. The third-order valence-electron chi connectivity index (χ3n) is 5.12. The van der Waals surface area contributed by atoms with Crippen molar-refractivity contribution >= 4 is 12.0 Å². The Kier molecular flexibility index (Phi) is 3.37. The Morgan fingerprint density at radius 1 is 1.05 bits per heavy atom. The number of likely N-dealkylation sites (tertiary alicyclic amines) is 1. The average Bonchev–Trinajstić information content (AvgIpc) is 3.02. The van der Waals surface area contributed by atoms with Gasteiger partial charge in [-0.3, -0.25) is 4.79 Å². The van der Waals surface area contributed by atoms with Crippen LogP contribution < -0.4 is 5.32 Å². The molecule has 3 aliphatic rings. The lowest BCUT2D eigenvalue weighted by Crippen LogP contribution is -2.43. The maximum atomic E-state index is 12.2. The molecule has 2 aliphatic carbocycles. The van der Waals surface area contributed by atoms with Gasteiger partial charge in [-0.2, -0.15) is 0 Å². The number of carboxylic acids is 1. The molecule has 4 atom stereocenters. The number of urea groups is 1. The molecule has 0 spiro atoms. The molecule has 2 N–H and O–H groups in total. The van der Waals surface area contributed by atoms with E-state index in [-0.39, 0.29) is 18.0 Å². The number of hydrogen-bond donors (Lipinski definition) is 2. The second kappa shape index (κ2) is 5.02. The highest BCUT2D eigenvalue weighted by Crippen LogP contribution is 2.37. The van der Waals surface area contributed by atoms with Gasteiger partial charge in [-0.1, -0.05) is 6.42 Å². The van der Waals surface area contributed by atoms with Gasteiger partial charge in [0, 0.05) is 19.1 Å². The highest BCUT2D eigenvalue weighted by atomic mass is 16.4. The third-order valence-corrected chi connectivity index (χ3v) is 5.12. The largest absolute Gasteiger partial charge is 0.481 e. The molecule has 1 saturated heterocycles. The highest BCUT2D eigenvalue weighted by Gasteiger charge is 2.39. The number of amides is 2. The Bertz CT molecular complexity index is 373. The molecule has 2 saturated carbocycles. The summed E-state index contributed by atoms with van der Waals surface area (Å²) >= 11 is 0. The lowest BCUT2D eigenvalue weighted by molar-refractivity contribution is -0.141. The summed E-state index contributed by atoms with van der Waals surface area (Å²) in [6.07, 6.45) is 5.91. The Labute approximate surface area is 113 Å². The van der Waals surface area contributed by atoms with Gasteiger partial charge in [0.2, 0.25) is 0 Å². The first-order chi connectivity index (χ1) is 9.13. The van der Waals surface area contributed by atoms with Crippen molar-refractivity contribution < 1.29 is 14.7 Å². The smallest absolute Gasteiger partial charge is 0.317 e. The van der Waals surface area contributed by atoms with Crippen LogP contribution in [0.5, 0.6) is 0 Å². The van der Waals surface area contributed by atoms with Crippen molar-refractivity contribution in [3.05, 3.63) is 0 Å². The quantitative estimate of drug-likeness (QED) is 0.799. The van der Waals surface area contributed by atoms with Crippen LogP contribution in [0.2, 0.25) is 0 Å². The lowest BCUT2D eigenvalue weighted by Gasteiger charge is -2.21. The number of carbonyl (C=O) groups is 2. The zero-order chi connectivity index (χ0) is 13.4. The van der Waals surface area contributed by atoms with Crippen LogP contribution in [0, 0.1) is 17.8 Å². The molecule has 0 aromatic heterocycles. The summed E-state index contributed by atoms with van der Waals surface area (Å²) in [7, 11) is 0. The molecular formula is C14H22N2O3. The number of carbonyl (C=O) groups excluding carboxylic acids is 1. The molecule has 1 aliphatic heterocycles. The average molecular weight is 266 g/mol. The van der Waals surface area contributed by atoms with Crippen LogP contribution >= 0.6 is 0 Å². The molecule has 0 radical (unpaired) electrons. The Morgan fingerprint density at radius 3 is 2.32 bits per heavy atom. The SMILES string of the molecule is O=C(O)C1CCC(NC(=O)N2CC3CCCC3C2)C1. The van der Waals surface area contributed by atoms with E-state index in [0.717, 1.165) is 19.5 Å². The van der Waals surface area contributed by atoms with Crippen molar-refractivity contribution in [1.82, 2.24) is 10.2 Å². The van der Waals surface area contributed by atoms with Gasteiger partial charge in [0.25, 0.3) is 0 Å². The molecule has 0 aromatic rings. The molecule has 106 valence electrons. The molecule has 0 aromatic carbocycles. The minimum Gasteiger partial charge on any atom is -0.481 e. The van der Waals surface area contributed by atoms with Crippen molar-refractivity contribution in [2.75, 3.05) is 13.1 Å². The maximum Gasteiger partial charge on any atom is 0.317 e. The highest BCUT2D eigenvalue weighted by molar-refractivity contribution is 5.75. The fourth-order valence-corrected chi connectivity index (χ4v) is 4.00. The van der Waals surface area contributed by atoms with E-state index in [1.54, 1.807) is 0 Å². The number of hydrogen-bond acceptors (Lipinski definition) is 2. The van der Waals surface area contributed by atoms with Crippen LogP contribution in [-0.4, -0.2) is 41.1 Å². The summed E-state index contributed by atoms with van der Waals surface area (Å²) in [6, 6.07) is 0.0690. The Morgan fingerprint density at radius 2 is 1.74 bits per heavy atom.